The van der Waals surface area contributed by atoms with Crippen LogP contribution in [0.2, 0.25) is 5.02 Å². The molecule has 3 aromatic rings. The Kier molecular flexibility index (Phi) is 4.04. The first-order chi connectivity index (χ1) is 11.3. The summed E-state index contributed by atoms with van der Waals surface area (Å²) >= 11 is 6.00. The number of hydrogen-bond donors (Lipinski definition) is 2. The average Bonchev–Trinajstić information content (AvgIpc) is 2.99. The zero-order valence-electron chi connectivity index (χ0n) is 12.8. The lowest BCUT2D eigenvalue weighted by Gasteiger charge is -2.26. The molecule has 0 radical (unpaired) electrons. The van der Waals surface area contributed by atoms with Crippen LogP contribution in [0, 0.1) is 0 Å². The van der Waals surface area contributed by atoms with E-state index in [1.54, 1.807) is 0 Å². The van der Waals surface area contributed by atoms with Gasteiger partial charge in [0, 0.05) is 36.8 Å². The Labute approximate surface area is 140 Å². The van der Waals surface area contributed by atoms with E-state index in [0.717, 1.165) is 60.2 Å². The molecule has 1 aromatic heterocycles. The molecule has 0 atom stereocenters. The third-order valence-corrected chi connectivity index (χ3v) is 4.56. The van der Waals surface area contributed by atoms with E-state index in [9.17, 15) is 0 Å². The number of benzene rings is 2. The Morgan fingerprint density at radius 3 is 2.61 bits per heavy atom. The van der Waals surface area contributed by atoms with E-state index in [2.05, 4.69) is 33.4 Å². The number of piperazine rings is 1. The second-order valence-electron chi connectivity index (χ2n) is 5.92. The van der Waals surface area contributed by atoms with Crippen molar-refractivity contribution in [3.8, 4) is 11.1 Å². The van der Waals surface area contributed by atoms with Crippen molar-refractivity contribution in [2.24, 2.45) is 0 Å². The predicted molar refractivity (Wildman–Crippen MR) is 94.7 cm³/mol. The minimum atomic E-state index is 0.755. The quantitative estimate of drug-likeness (QED) is 0.776. The minimum absolute atomic E-state index is 0.755. The normalized spacial score (nSPS) is 16.0. The van der Waals surface area contributed by atoms with Crippen LogP contribution in [0.5, 0.6) is 0 Å². The van der Waals surface area contributed by atoms with Crippen LogP contribution in [0.3, 0.4) is 0 Å². The van der Waals surface area contributed by atoms with E-state index >= 15 is 0 Å². The topological polar surface area (TPSA) is 44.0 Å². The molecule has 0 unspecified atom stereocenters. The van der Waals surface area contributed by atoms with Gasteiger partial charge in [0.15, 0.2) is 0 Å². The molecule has 2 N–H and O–H groups in total. The number of hydrogen-bond acceptors (Lipinski definition) is 3. The number of H-pyrrole nitrogens is 1. The first kappa shape index (κ1) is 14.7. The lowest BCUT2D eigenvalue weighted by Crippen LogP contribution is -2.43. The Morgan fingerprint density at radius 1 is 1.04 bits per heavy atom. The Balaban J connectivity index is 1.68. The molecule has 0 spiro atoms. The maximum absolute atomic E-state index is 6.00. The third-order valence-electron chi connectivity index (χ3n) is 4.31. The Bertz CT molecular complexity index is 804. The fourth-order valence-corrected chi connectivity index (χ4v) is 3.23. The Hall–Kier alpha value is -1.88. The van der Waals surface area contributed by atoms with Gasteiger partial charge < -0.3 is 10.3 Å². The monoisotopic (exact) mass is 326 g/mol. The molecule has 0 bridgehead atoms. The van der Waals surface area contributed by atoms with Crippen molar-refractivity contribution in [2.45, 2.75) is 6.54 Å². The van der Waals surface area contributed by atoms with Crippen LogP contribution >= 0.6 is 11.6 Å². The summed E-state index contributed by atoms with van der Waals surface area (Å²) in [5.74, 6) is 1.03. The van der Waals surface area contributed by atoms with Crippen LogP contribution in [0.4, 0.5) is 0 Å². The fourth-order valence-electron chi connectivity index (χ4n) is 3.11. The summed E-state index contributed by atoms with van der Waals surface area (Å²) in [4.78, 5) is 10.7. The number of imidazole rings is 1. The highest BCUT2D eigenvalue weighted by atomic mass is 35.5. The predicted octanol–water partition coefficient (Wildman–Crippen LogP) is 3.29. The first-order valence-electron chi connectivity index (χ1n) is 7.96. The van der Waals surface area contributed by atoms with Crippen molar-refractivity contribution in [1.82, 2.24) is 20.2 Å². The molecule has 4 nitrogen and oxygen atoms in total. The number of halogens is 1. The first-order valence-corrected chi connectivity index (χ1v) is 8.34. The molecule has 1 aliphatic rings. The van der Waals surface area contributed by atoms with Gasteiger partial charge in [0.1, 0.15) is 5.82 Å². The van der Waals surface area contributed by atoms with E-state index in [1.165, 1.54) is 5.56 Å². The maximum Gasteiger partial charge on any atom is 0.121 e. The molecule has 118 valence electrons. The molecule has 2 aromatic carbocycles. The molecule has 1 aliphatic heterocycles. The fraction of sp³-hybridized carbons (Fsp3) is 0.278. The van der Waals surface area contributed by atoms with Crippen molar-refractivity contribution < 1.29 is 0 Å². The van der Waals surface area contributed by atoms with Gasteiger partial charge in [-0.3, -0.25) is 4.90 Å². The lowest BCUT2D eigenvalue weighted by atomic mass is 10.0. The van der Waals surface area contributed by atoms with Gasteiger partial charge in [-0.1, -0.05) is 35.9 Å². The van der Waals surface area contributed by atoms with Crippen molar-refractivity contribution in [2.75, 3.05) is 26.2 Å². The second-order valence-corrected chi connectivity index (χ2v) is 6.35. The zero-order chi connectivity index (χ0) is 15.6. The van der Waals surface area contributed by atoms with Gasteiger partial charge in [-0.15, -0.1) is 0 Å². The van der Waals surface area contributed by atoms with Gasteiger partial charge in [-0.05, 0) is 23.8 Å². The SMILES string of the molecule is Clc1ccc(-c2cccc3nc(CN4CCNCC4)[nH]c23)cc1. The number of rotatable bonds is 3. The summed E-state index contributed by atoms with van der Waals surface area (Å²) < 4.78 is 0. The highest BCUT2D eigenvalue weighted by Crippen LogP contribution is 2.28. The van der Waals surface area contributed by atoms with Gasteiger partial charge >= 0.3 is 0 Å². The van der Waals surface area contributed by atoms with Crippen molar-refractivity contribution >= 4 is 22.6 Å². The largest absolute Gasteiger partial charge is 0.340 e. The summed E-state index contributed by atoms with van der Waals surface area (Å²) in [6.45, 7) is 5.12. The van der Waals surface area contributed by atoms with Gasteiger partial charge in [0.05, 0.1) is 17.6 Å². The summed E-state index contributed by atoms with van der Waals surface area (Å²) in [5, 5.41) is 4.13. The molecule has 5 heteroatoms. The van der Waals surface area contributed by atoms with Gasteiger partial charge in [0.25, 0.3) is 0 Å². The van der Waals surface area contributed by atoms with Crippen molar-refractivity contribution in [1.29, 1.82) is 0 Å². The number of para-hydroxylation sites is 1. The molecule has 1 fully saturated rings. The van der Waals surface area contributed by atoms with Gasteiger partial charge in [-0.25, -0.2) is 4.98 Å². The van der Waals surface area contributed by atoms with E-state index in [0.29, 0.717) is 0 Å². The molecule has 0 amide bonds. The van der Waals surface area contributed by atoms with E-state index < -0.39 is 0 Å². The van der Waals surface area contributed by atoms with Crippen LogP contribution in [0.1, 0.15) is 5.82 Å². The van der Waals surface area contributed by atoms with Crippen LogP contribution < -0.4 is 5.32 Å². The van der Waals surface area contributed by atoms with E-state index in [4.69, 9.17) is 16.6 Å². The molecule has 23 heavy (non-hydrogen) atoms. The molecule has 2 heterocycles. The molecule has 0 saturated carbocycles. The summed E-state index contributed by atoms with van der Waals surface area (Å²) in [6, 6.07) is 14.2. The molecule has 0 aliphatic carbocycles. The van der Waals surface area contributed by atoms with E-state index in [1.807, 2.05) is 24.3 Å². The summed E-state index contributed by atoms with van der Waals surface area (Å²) in [5.41, 5.74) is 4.43. The number of nitrogens with one attached hydrogen (secondary N) is 2. The zero-order valence-corrected chi connectivity index (χ0v) is 13.6. The third kappa shape index (κ3) is 3.11. The van der Waals surface area contributed by atoms with Crippen LogP contribution in [0.25, 0.3) is 22.2 Å². The summed E-state index contributed by atoms with van der Waals surface area (Å²) in [7, 11) is 0. The number of nitrogens with zero attached hydrogens (tertiary/aromatic N) is 2. The van der Waals surface area contributed by atoms with Crippen LogP contribution in [-0.4, -0.2) is 41.0 Å². The second kappa shape index (κ2) is 6.32. The van der Waals surface area contributed by atoms with Crippen molar-refractivity contribution in [3.05, 3.63) is 53.3 Å². The Morgan fingerprint density at radius 2 is 1.83 bits per heavy atom. The van der Waals surface area contributed by atoms with Gasteiger partial charge in [-0.2, -0.15) is 0 Å². The highest BCUT2D eigenvalue weighted by Gasteiger charge is 2.14. The number of aromatic amines is 1. The smallest absolute Gasteiger partial charge is 0.121 e. The van der Waals surface area contributed by atoms with Crippen LogP contribution in [-0.2, 0) is 6.54 Å². The van der Waals surface area contributed by atoms with Gasteiger partial charge in [0.2, 0.25) is 0 Å². The van der Waals surface area contributed by atoms with Crippen molar-refractivity contribution in [3.63, 3.8) is 0 Å². The molecular formula is C18H19ClN4. The average molecular weight is 327 g/mol. The minimum Gasteiger partial charge on any atom is -0.340 e. The highest BCUT2D eigenvalue weighted by molar-refractivity contribution is 6.30. The molecule has 1 saturated heterocycles. The standard InChI is InChI=1S/C18H19ClN4/c19-14-6-4-13(5-7-14)15-2-1-3-16-18(15)22-17(21-16)12-23-10-8-20-9-11-23/h1-7,20H,8-12H2,(H,21,22). The molecule has 4 rings (SSSR count). The molecular weight excluding hydrogens is 308 g/mol. The maximum atomic E-state index is 6.00. The van der Waals surface area contributed by atoms with E-state index in [-0.39, 0.29) is 0 Å². The number of fused-ring (bicyclic) bond motifs is 1. The summed E-state index contributed by atoms with van der Waals surface area (Å²) in [6.07, 6.45) is 0. The lowest BCUT2D eigenvalue weighted by molar-refractivity contribution is 0.229. The van der Waals surface area contributed by atoms with Crippen LogP contribution in [0.15, 0.2) is 42.5 Å². The number of aromatic nitrogens is 2.